The second-order valence-electron chi connectivity index (χ2n) is 7.65. The molecule has 26 heavy (non-hydrogen) atoms. The highest BCUT2D eigenvalue weighted by molar-refractivity contribution is 5.75. The largest absolute Gasteiger partial charge is 0.330 e. The third-order valence-electron chi connectivity index (χ3n) is 5.43. The molecule has 5 nitrogen and oxygen atoms in total. The summed E-state index contributed by atoms with van der Waals surface area (Å²) >= 11 is 0. The molecular formula is C21H27N5. The Kier molecular flexibility index (Phi) is 4.74. The molecule has 0 radical (unpaired) electrons. The number of hydrogen-bond donors (Lipinski definition) is 1. The molecule has 2 N–H and O–H groups in total. The highest BCUT2D eigenvalue weighted by Gasteiger charge is 2.32. The number of hydrogen-bond acceptors (Lipinski definition) is 4. The maximum absolute atomic E-state index is 6.07. The van der Waals surface area contributed by atoms with Crippen LogP contribution in [0.4, 0.5) is 0 Å². The van der Waals surface area contributed by atoms with Crippen molar-refractivity contribution in [2.24, 2.45) is 11.7 Å². The number of nitrogens with zero attached hydrogens (tertiary/aromatic N) is 4. The Labute approximate surface area is 154 Å². The molecule has 136 valence electrons. The molecule has 5 heteroatoms. The molecule has 0 amide bonds. The van der Waals surface area contributed by atoms with E-state index in [4.69, 9.17) is 5.73 Å². The number of nitrogens with two attached hydrogens (primary N) is 1. The Morgan fingerprint density at radius 1 is 1.15 bits per heavy atom. The first-order valence-corrected chi connectivity index (χ1v) is 9.45. The average molecular weight is 349 g/mol. The Balaban J connectivity index is 1.51. The molecule has 0 unspecified atom stereocenters. The highest BCUT2D eigenvalue weighted by Crippen LogP contribution is 2.33. The van der Waals surface area contributed by atoms with Crippen molar-refractivity contribution in [3.63, 3.8) is 0 Å². The van der Waals surface area contributed by atoms with E-state index in [1.165, 1.54) is 11.1 Å². The van der Waals surface area contributed by atoms with Gasteiger partial charge in [0.2, 0.25) is 0 Å². The summed E-state index contributed by atoms with van der Waals surface area (Å²) in [4.78, 5) is 7.17. The fourth-order valence-corrected chi connectivity index (χ4v) is 4.11. The first kappa shape index (κ1) is 17.2. The number of benzene rings is 1. The van der Waals surface area contributed by atoms with E-state index in [1.54, 1.807) is 0 Å². The van der Waals surface area contributed by atoms with E-state index in [-0.39, 0.29) is 0 Å². The Bertz CT molecular complexity index is 870. The number of rotatable bonds is 5. The SMILES string of the molecule is CC(C)n1ncc2cc(CN3C[C@@H](CN)[C@H](c4ccccc4)C3)cnc21. The summed E-state index contributed by atoms with van der Waals surface area (Å²) in [5.41, 5.74) is 9.68. The minimum atomic E-state index is 0.321. The van der Waals surface area contributed by atoms with Crippen molar-refractivity contribution in [3.05, 3.63) is 59.9 Å². The molecule has 0 aliphatic carbocycles. The molecule has 1 aromatic carbocycles. The molecule has 3 aromatic rings. The predicted molar refractivity (Wildman–Crippen MR) is 105 cm³/mol. The number of fused-ring (bicyclic) bond motifs is 1. The third-order valence-corrected chi connectivity index (χ3v) is 5.43. The maximum atomic E-state index is 6.07. The van der Waals surface area contributed by atoms with Crippen molar-refractivity contribution in [2.45, 2.75) is 32.4 Å². The zero-order chi connectivity index (χ0) is 18.1. The maximum Gasteiger partial charge on any atom is 0.157 e. The molecule has 1 saturated heterocycles. The lowest BCUT2D eigenvalue weighted by atomic mass is 9.89. The first-order valence-electron chi connectivity index (χ1n) is 9.45. The van der Waals surface area contributed by atoms with Crippen LogP contribution in [0.5, 0.6) is 0 Å². The predicted octanol–water partition coefficient (Wildman–Crippen LogP) is 3.19. The van der Waals surface area contributed by atoms with Crippen molar-refractivity contribution in [1.29, 1.82) is 0 Å². The van der Waals surface area contributed by atoms with Crippen LogP contribution in [0.1, 0.15) is 36.9 Å². The quantitative estimate of drug-likeness (QED) is 0.768. The van der Waals surface area contributed by atoms with Gasteiger partial charge in [0, 0.05) is 43.2 Å². The van der Waals surface area contributed by atoms with Crippen molar-refractivity contribution >= 4 is 11.0 Å². The first-order chi connectivity index (χ1) is 12.7. The van der Waals surface area contributed by atoms with Crippen LogP contribution in [-0.2, 0) is 6.54 Å². The van der Waals surface area contributed by atoms with Gasteiger partial charge in [0.1, 0.15) is 0 Å². The number of pyridine rings is 1. The molecule has 2 aromatic heterocycles. The molecule has 0 spiro atoms. The molecule has 1 aliphatic rings. The van der Waals surface area contributed by atoms with Gasteiger partial charge in [-0.05, 0) is 43.5 Å². The second kappa shape index (κ2) is 7.17. The topological polar surface area (TPSA) is 60.0 Å². The van der Waals surface area contributed by atoms with Gasteiger partial charge >= 0.3 is 0 Å². The summed E-state index contributed by atoms with van der Waals surface area (Å²) < 4.78 is 1.98. The van der Waals surface area contributed by atoms with Gasteiger partial charge in [-0.3, -0.25) is 4.90 Å². The van der Waals surface area contributed by atoms with Gasteiger partial charge in [-0.2, -0.15) is 5.10 Å². The van der Waals surface area contributed by atoms with E-state index in [0.29, 0.717) is 17.9 Å². The van der Waals surface area contributed by atoms with Crippen molar-refractivity contribution in [1.82, 2.24) is 19.7 Å². The van der Waals surface area contributed by atoms with E-state index in [9.17, 15) is 0 Å². The van der Waals surface area contributed by atoms with Crippen LogP contribution in [0, 0.1) is 5.92 Å². The standard InChI is InChI=1S/C21H27N5/c1-15(2)26-21-18(11-24-26)8-16(10-23-21)12-25-13-19(9-22)20(14-25)17-6-4-3-5-7-17/h3-8,10-11,15,19-20H,9,12-14,22H2,1-2H3/t19-,20+/m1/s1. The zero-order valence-corrected chi connectivity index (χ0v) is 15.5. The second-order valence-corrected chi connectivity index (χ2v) is 7.65. The van der Waals surface area contributed by atoms with E-state index < -0.39 is 0 Å². The lowest BCUT2D eigenvalue weighted by Gasteiger charge is -2.17. The van der Waals surface area contributed by atoms with Crippen molar-refractivity contribution in [3.8, 4) is 0 Å². The fourth-order valence-electron chi connectivity index (χ4n) is 4.11. The van der Waals surface area contributed by atoms with Crippen molar-refractivity contribution in [2.75, 3.05) is 19.6 Å². The molecule has 1 fully saturated rings. The zero-order valence-electron chi connectivity index (χ0n) is 15.5. The molecule has 2 atom stereocenters. The normalized spacial score (nSPS) is 21.1. The van der Waals surface area contributed by atoms with Gasteiger partial charge in [0.15, 0.2) is 5.65 Å². The van der Waals surface area contributed by atoms with E-state index >= 15 is 0 Å². The van der Waals surface area contributed by atoms with Crippen LogP contribution in [0.3, 0.4) is 0 Å². The molecule has 3 heterocycles. The third kappa shape index (κ3) is 3.24. The summed E-state index contributed by atoms with van der Waals surface area (Å²) in [6, 6.07) is 13.3. The van der Waals surface area contributed by atoms with Crippen molar-refractivity contribution < 1.29 is 0 Å². The number of likely N-dealkylation sites (tertiary alicyclic amines) is 1. The van der Waals surface area contributed by atoms with Gasteiger partial charge < -0.3 is 5.73 Å². The lowest BCUT2D eigenvalue weighted by Crippen LogP contribution is -2.23. The molecular weight excluding hydrogens is 322 g/mol. The van der Waals surface area contributed by atoms with Crippen LogP contribution in [0.25, 0.3) is 11.0 Å². The molecule has 4 rings (SSSR count). The van der Waals surface area contributed by atoms with Gasteiger partial charge in [0.05, 0.1) is 6.20 Å². The summed E-state index contributed by atoms with van der Waals surface area (Å²) in [5, 5.41) is 5.58. The molecule has 0 saturated carbocycles. The highest BCUT2D eigenvalue weighted by atomic mass is 15.3. The number of aromatic nitrogens is 3. The summed E-state index contributed by atoms with van der Waals surface area (Å²) in [6.07, 6.45) is 3.92. The van der Waals surface area contributed by atoms with Crippen LogP contribution >= 0.6 is 0 Å². The van der Waals surface area contributed by atoms with Crippen LogP contribution in [0.15, 0.2) is 48.8 Å². The lowest BCUT2D eigenvalue weighted by molar-refractivity contribution is 0.316. The minimum Gasteiger partial charge on any atom is -0.330 e. The van der Waals surface area contributed by atoms with Crippen LogP contribution < -0.4 is 5.73 Å². The van der Waals surface area contributed by atoms with E-state index in [0.717, 1.165) is 37.2 Å². The molecule has 1 aliphatic heterocycles. The van der Waals surface area contributed by atoms with Gasteiger partial charge in [-0.15, -0.1) is 0 Å². The van der Waals surface area contributed by atoms with E-state index in [1.807, 2.05) is 17.1 Å². The van der Waals surface area contributed by atoms with Gasteiger partial charge in [-0.1, -0.05) is 30.3 Å². The Morgan fingerprint density at radius 2 is 1.96 bits per heavy atom. The Hall–Kier alpha value is -2.24. The summed E-state index contributed by atoms with van der Waals surface area (Å²) in [5.74, 6) is 1.03. The van der Waals surface area contributed by atoms with Crippen LogP contribution in [-0.4, -0.2) is 39.3 Å². The van der Waals surface area contributed by atoms with Crippen LogP contribution in [0.2, 0.25) is 0 Å². The fraction of sp³-hybridized carbons (Fsp3) is 0.429. The smallest absolute Gasteiger partial charge is 0.157 e. The Morgan fingerprint density at radius 3 is 2.69 bits per heavy atom. The monoisotopic (exact) mass is 349 g/mol. The van der Waals surface area contributed by atoms with Gasteiger partial charge in [-0.25, -0.2) is 9.67 Å². The molecule has 0 bridgehead atoms. The summed E-state index contributed by atoms with van der Waals surface area (Å²) in [7, 11) is 0. The minimum absolute atomic E-state index is 0.321. The summed E-state index contributed by atoms with van der Waals surface area (Å²) in [6.45, 7) is 7.99. The van der Waals surface area contributed by atoms with E-state index in [2.05, 4.69) is 65.2 Å². The average Bonchev–Trinajstić information content (AvgIpc) is 3.26. The van der Waals surface area contributed by atoms with Gasteiger partial charge in [0.25, 0.3) is 0 Å².